The molecule has 2 aliphatic rings. The third-order valence-corrected chi connectivity index (χ3v) is 9.23. The zero-order valence-electron chi connectivity index (χ0n) is 22.9. The summed E-state index contributed by atoms with van der Waals surface area (Å²) in [6.07, 6.45) is 3.26. The van der Waals surface area contributed by atoms with Crippen LogP contribution in [-0.2, 0) is 34.7 Å². The maximum absolute atomic E-state index is 13.6. The number of nitrogens with one attached hydrogen (secondary N) is 2. The average molecular weight is 581 g/mol. The van der Waals surface area contributed by atoms with Gasteiger partial charge in [0, 0.05) is 18.9 Å². The maximum atomic E-state index is 13.6. The molecule has 1 aliphatic heterocycles. The summed E-state index contributed by atoms with van der Waals surface area (Å²) >= 11 is 0. The van der Waals surface area contributed by atoms with Crippen LogP contribution >= 0.6 is 7.60 Å². The highest BCUT2D eigenvalue weighted by atomic mass is 31.2. The van der Waals surface area contributed by atoms with Crippen LogP contribution in [0.5, 0.6) is 0 Å². The third kappa shape index (κ3) is 8.60. The molecule has 2 fully saturated rings. The quantitative estimate of drug-likeness (QED) is 0.152. The van der Waals surface area contributed by atoms with Gasteiger partial charge in [-0.3, -0.25) is 23.5 Å². The minimum Gasteiger partial charge on any atom is -0.480 e. The molecule has 3 amide bonds. The van der Waals surface area contributed by atoms with E-state index in [2.05, 4.69) is 10.6 Å². The summed E-state index contributed by atoms with van der Waals surface area (Å²) < 4.78 is 19.0. The van der Waals surface area contributed by atoms with E-state index in [4.69, 9.17) is 10.3 Å². The topological polar surface area (TPSA) is 188 Å². The van der Waals surface area contributed by atoms with Gasteiger partial charge in [-0.25, -0.2) is 4.79 Å². The zero-order valence-corrected chi connectivity index (χ0v) is 23.8. The zero-order chi connectivity index (χ0) is 29.3. The number of hydrogen-bond donors (Lipinski definition) is 5. The third-order valence-electron chi connectivity index (χ3n) is 7.51. The van der Waals surface area contributed by atoms with E-state index in [0.29, 0.717) is 37.8 Å². The summed E-state index contributed by atoms with van der Waals surface area (Å²) in [5.74, 6) is -4.29. The monoisotopic (exact) mass is 580 g/mol. The molecule has 1 aromatic rings. The SMILES string of the molecule is C[C@H](OP(=O)(O)C(Cc1ccccc1)NC(=O)[C@H](CCCCN)NC(=O)C1CCC1)C(=O)N1CCC[C@H]1C(=O)O. The summed E-state index contributed by atoms with van der Waals surface area (Å²) in [5, 5.41) is 14.8. The van der Waals surface area contributed by atoms with E-state index in [1.165, 1.54) is 6.92 Å². The summed E-state index contributed by atoms with van der Waals surface area (Å²) in [4.78, 5) is 62.8. The first kappa shape index (κ1) is 31.7. The second-order valence-corrected chi connectivity index (χ2v) is 12.5. The fraction of sp³-hybridized carbons (Fsp3) is 0.630. The molecule has 1 aromatic carbocycles. The molecule has 1 saturated heterocycles. The van der Waals surface area contributed by atoms with Crippen molar-refractivity contribution in [3.63, 3.8) is 0 Å². The molecule has 1 aliphatic carbocycles. The van der Waals surface area contributed by atoms with Crippen LogP contribution < -0.4 is 16.4 Å². The van der Waals surface area contributed by atoms with Gasteiger partial charge in [0.2, 0.25) is 11.8 Å². The number of unbranched alkanes of at least 4 members (excludes halogenated alkanes) is 1. The molecular formula is C27H41N4O8P. The Morgan fingerprint density at radius 2 is 1.80 bits per heavy atom. The van der Waals surface area contributed by atoms with Crippen LogP contribution in [0.25, 0.3) is 0 Å². The molecular weight excluding hydrogens is 539 g/mol. The van der Waals surface area contributed by atoms with Crippen LogP contribution in [0.1, 0.15) is 63.9 Å². The van der Waals surface area contributed by atoms with Gasteiger partial charge in [0.15, 0.2) is 0 Å². The van der Waals surface area contributed by atoms with Crippen molar-refractivity contribution < 1.29 is 38.3 Å². The molecule has 12 nitrogen and oxygen atoms in total. The molecule has 13 heteroatoms. The summed E-state index contributed by atoms with van der Waals surface area (Å²) in [6.45, 7) is 1.92. The van der Waals surface area contributed by atoms with E-state index in [1.807, 2.05) is 0 Å². The van der Waals surface area contributed by atoms with Gasteiger partial charge in [-0.1, -0.05) is 36.8 Å². The number of benzene rings is 1. The number of likely N-dealkylation sites (tertiary alicyclic amines) is 1. The molecule has 2 unspecified atom stereocenters. The minimum atomic E-state index is -4.69. The molecule has 0 bridgehead atoms. The van der Waals surface area contributed by atoms with E-state index < -0.39 is 49.4 Å². The second-order valence-electron chi connectivity index (χ2n) is 10.5. The molecule has 0 radical (unpaired) electrons. The molecule has 0 spiro atoms. The highest BCUT2D eigenvalue weighted by molar-refractivity contribution is 7.53. The van der Waals surface area contributed by atoms with Gasteiger partial charge >= 0.3 is 13.6 Å². The fourth-order valence-electron chi connectivity index (χ4n) is 4.94. The summed E-state index contributed by atoms with van der Waals surface area (Å²) in [7, 11) is -4.69. The van der Waals surface area contributed by atoms with E-state index in [-0.39, 0.29) is 31.2 Å². The first-order valence-electron chi connectivity index (χ1n) is 13.9. The van der Waals surface area contributed by atoms with Crippen molar-refractivity contribution in [3.8, 4) is 0 Å². The average Bonchev–Trinajstić information content (AvgIpc) is 3.37. The Balaban J connectivity index is 1.77. The Kier molecular flexibility index (Phi) is 11.7. The molecule has 6 N–H and O–H groups in total. The van der Waals surface area contributed by atoms with Crippen molar-refractivity contribution in [1.29, 1.82) is 0 Å². The normalized spacial score (nSPS) is 21.0. The maximum Gasteiger partial charge on any atom is 0.351 e. The lowest BCUT2D eigenvalue weighted by Gasteiger charge is -2.31. The van der Waals surface area contributed by atoms with Crippen LogP contribution in [0.2, 0.25) is 0 Å². The Morgan fingerprint density at radius 1 is 1.10 bits per heavy atom. The summed E-state index contributed by atoms with van der Waals surface area (Å²) in [5.41, 5.74) is 6.24. The Labute approximate surface area is 234 Å². The van der Waals surface area contributed by atoms with E-state index in [9.17, 15) is 33.7 Å². The van der Waals surface area contributed by atoms with Gasteiger partial charge in [-0.2, -0.15) is 0 Å². The number of rotatable bonds is 15. The van der Waals surface area contributed by atoms with Crippen LogP contribution in [0.15, 0.2) is 30.3 Å². The van der Waals surface area contributed by atoms with Gasteiger partial charge in [0.1, 0.15) is 24.0 Å². The molecule has 3 rings (SSSR count). The fourth-order valence-corrected chi connectivity index (χ4v) is 6.36. The van der Waals surface area contributed by atoms with Gasteiger partial charge in [-0.15, -0.1) is 0 Å². The number of aliphatic carboxylic acids is 1. The number of carboxylic acid groups (broad SMARTS) is 1. The van der Waals surface area contributed by atoms with Crippen LogP contribution in [0.3, 0.4) is 0 Å². The summed E-state index contributed by atoms with van der Waals surface area (Å²) in [6, 6.07) is 6.78. The number of nitrogens with zero attached hydrogens (tertiary/aromatic N) is 1. The lowest BCUT2D eigenvalue weighted by atomic mass is 9.84. The van der Waals surface area contributed by atoms with Gasteiger partial charge in [-0.05, 0) is 64.0 Å². The number of nitrogens with two attached hydrogens (primary N) is 1. The predicted molar refractivity (Wildman–Crippen MR) is 147 cm³/mol. The van der Waals surface area contributed by atoms with Crippen LogP contribution in [-0.4, -0.2) is 75.7 Å². The Hall–Kier alpha value is -2.79. The predicted octanol–water partition coefficient (Wildman–Crippen LogP) is 1.75. The minimum absolute atomic E-state index is 0.0746. The van der Waals surface area contributed by atoms with Gasteiger partial charge in [0.25, 0.3) is 5.91 Å². The first-order valence-corrected chi connectivity index (χ1v) is 15.6. The van der Waals surface area contributed by atoms with Crippen molar-refractivity contribution in [2.45, 2.75) is 88.7 Å². The first-order chi connectivity index (χ1) is 19.0. The second kappa shape index (κ2) is 14.7. The largest absolute Gasteiger partial charge is 0.480 e. The number of carbonyl (C=O) groups is 4. The molecule has 1 heterocycles. The molecule has 40 heavy (non-hydrogen) atoms. The number of amides is 3. The van der Waals surface area contributed by atoms with Crippen LogP contribution in [0.4, 0.5) is 0 Å². The molecule has 0 aromatic heterocycles. The standard InChI is InChI=1S/C27H41N4O8P/c1-18(26(34)31-16-8-14-22(31)27(35)36)39-40(37,38)23(17-19-9-3-2-4-10-19)30-25(33)21(13-5-6-15-28)29-24(32)20-11-7-12-20/h2-4,9-10,18,20-23H,5-8,11-17,28H2,1H3,(H,29,32)(H,30,33)(H,35,36)(H,37,38)/t18-,21-,22-,23?/m0/s1. The van der Waals surface area contributed by atoms with Crippen molar-refractivity contribution in [2.24, 2.45) is 11.7 Å². The molecule has 222 valence electrons. The molecule has 1 saturated carbocycles. The van der Waals surface area contributed by atoms with Crippen molar-refractivity contribution in [2.75, 3.05) is 13.1 Å². The number of carbonyl (C=O) groups excluding carboxylic acids is 3. The molecule has 5 atom stereocenters. The van der Waals surface area contributed by atoms with E-state index >= 15 is 0 Å². The lowest BCUT2D eigenvalue weighted by Crippen LogP contribution is -2.52. The van der Waals surface area contributed by atoms with Crippen LogP contribution in [0, 0.1) is 5.92 Å². The highest BCUT2D eigenvalue weighted by Gasteiger charge is 2.42. The smallest absolute Gasteiger partial charge is 0.351 e. The number of carboxylic acids is 1. The lowest BCUT2D eigenvalue weighted by molar-refractivity contribution is -0.151. The van der Waals surface area contributed by atoms with Crippen molar-refractivity contribution in [3.05, 3.63) is 35.9 Å². The van der Waals surface area contributed by atoms with Gasteiger partial charge in [0.05, 0.1) is 0 Å². The Bertz CT molecular complexity index is 1080. The van der Waals surface area contributed by atoms with Gasteiger partial charge < -0.3 is 31.3 Å². The highest BCUT2D eigenvalue weighted by Crippen LogP contribution is 2.49. The Morgan fingerprint density at radius 3 is 2.40 bits per heavy atom. The van der Waals surface area contributed by atoms with Crippen molar-refractivity contribution in [1.82, 2.24) is 15.5 Å². The number of hydrogen-bond acceptors (Lipinski definition) is 7. The van der Waals surface area contributed by atoms with E-state index in [0.717, 1.165) is 24.2 Å². The van der Waals surface area contributed by atoms with Crippen molar-refractivity contribution >= 4 is 31.3 Å². The van der Waals surface area contributed by atoms with E-state index in [1.54, 1.807) is 30.3 Å².